The molecule has 1 fully saturated rings. The fourth-order valence-corrected chi connectivity index (χ4v) is 2.55. The molecule has 16 heavy (non-hydrogen) atoms. The molecular formula is C13H22N2O. The van der Waals surface area contributed by atoms with Crippen molar-refractivity contribution in [1.82, 2.24) is 10.3 Å². The fourth-order valence-electron chi connectivity index (χ4n) is 2.55. The number of aromatic nitrogens is 1. The summed E-state index contributed by atoms with van der Waals surface area (Å²) < 4.78 is 0. The van der Waals surface area contributed by atoms with Gasteiger partial charge >= 0.3 is 0 Å². The molecule has 3 N–H and O–H groups in total. The third-order valence-electron chi connectivity index (χ3n) is 3.80. The molecule has 0 amide bonds. The second-order valence-corrected chi connectivity index (χ2v) is 5.24. The van der Waals surface area contributed by atoms with Gasteiger partial charge in [0.15, 0.2) is 0 Å². The van der Waals surface area contributed by atoms with Crippen molar-refractivity contribution in [2.45, 2.75) is 45.3 Å². The zero-order valence-corrected chi connectivity index (χ0v) is 10.00. The van der Waals surface area contributed by atoms with Gasteiger partial charge in [0.1, 0.15) is 0 Å². The van der Waals surface area contributed by atoms with Gasteiger partial charge in [-0.25, -0.2) is 0 Å². The van der Waals surface area contributed by atoms with Gasteiger partial charge in [-0.3, -0.25) is 0 Å². The Bertz CT molecular complexity index is 310. The number of aliphatic hydroxyl groups excluding tert-OH is 1. The summed E-state index contributed by atoms with van der Waals surface area (Å²) in [6.07, 6.45) is 8.32. The molecule has 0 aliphatic heterocycles. The molecule has 0 spiro atoms. The summed E-state index contributed by atoms with van der Waals surface area (Å²) in [5.74, 6) is 0. The van der Waals surface area contributed by atoms with Gasteiger partial charge in [-0.1, -0.05) is 19.8 Å². The molecular weight excluding hydrogens is 200 g/mol. The molecule has 3 nitrogen and oxygen atoms in total. The van der Waals surface area contributed by atoms with E-state index in [1.165, 1.54) is 18.4 Å². The Morgan fingerprint density at radius 1 is 1.56 bits per heavy atom. The summed E-state index contributed by atoms with van der Waals surface area (Å²) in [5, 5.41) is 13.5. The van der Waals surface area contributed by atoms with E-state index in [-0.39, 0.29) is 11.5 Å². The highest BCUT2D eigenvalue weighted by atomic mass is 16.3. The van der Waals surface area contributed by atoms with E-state index in [1.807, 2.05) is 12.4 Å². The first-order chi connectivity index (χ1) is 7.71. The molecule has 1 aromatic heterocycles. The van der Waals surface area contributed by atoms with Crippen molar-refractivity contribution in [2.75, 3.05) is 6.54 Å². The highest BCUT2D eigenvalue weighted by Crippen LogP contribution is 2.35. The summed E-state index contributed by atoms with van der Waals surface area (Å²) in [7, 11) is 0. The van der Waals surface area contributed by atoms with Crippen molar-refractivity contribution in [1.29, 1.82) is 0 Å². The van der Waals surface area contributed by atoms with Crippen molar-refractivity contribution in [3.05, 3.63) is 24.0 Å². The maximum atomic E-state index is 10.0. The Balaban J connectivity index is 1.79. The maximum absolute atomic E-state index is 10.0. The first kappa shape index (κ1) is 11.7. The monoisotopic (exact) mass is 222 g/mol. The zero-order valence-electron chi connectivity index (χ0n) is 10.00. The number of nitrogens with one attached hydrogen (secondary N) is 2. The summed E-state index contributed by atoms with van der Waals surface area (Å²) >= 11 is 0. The molecule has 1 saturated carbocycles. The first-order valence-corrected chi connectivity index (χ1v) is 6.21. The van der Waals surface area contributed by atoms with Crippen molar-refractivity contribution in [3.8, 4) is 0 Å². The van der Waals surface area contributed by atoms with Gasteiger partial charge < -0.3 is 15.4 Å². The third-order valence-corrected chi connectivity index (χ3v) is 3.80. The van der Waals surface area contributed by atoms with Gasteiger partial charge in [-0.2, -0.15) is 0 Å². The number of rotatable bonds is 4. The maximum Gasteiger partial charge on any atom is 0.0605 e. The number of hydrogen-bond acceptors (Lipinski definition) is 2. The minimum Gasteiger partial charge on any atom is -0.393 e. The number of H-pyrrole nitrogens is 1. The number of hydrogen-bond donors (Lipinski definition) is 3. The highest BCUT2D eigenvalue weighted by Gasteiger charge is 2.34. The van der Waals surface area contributed by atoms with E-state index in [1.54, 1.807) is 0 Å². The normalized spacial score (nSPS) is 30.5. The van der Waals surface area contributed by atoms with E-state index >= 15 is 0 Å². The van der Waals surface area contributed by atoms with E-state index < -0.39 is 0 Å². The Morgan fingerprint density at radius 3 is 3.12 bits per heavy atom. The predicted molar refractivity (Wildman–Crippen MR) is 65.1 cm³/mol. The van der Waals surface area contributed by atoms with Gasteiger partial charge in [-0.15, -0.1) is 0 Å². The van der Waals surface area contributed by atoms with Crippen molar-refractivity contribution < 1.29 is 5.11 Å². The predicted octanol–water partition coefficient (Wildman–Crippen LogP) is 2.05. The molecule has 3 heteroatoms. The van der Waals surface area contributed by atoms with Crippen molar-refractivity contribution in [2.24, 2.45) is 5.41 Å². The van der Waals surface area contributed by atoms with E-state index in [0.29, 0.717) is 0 Å². The quantitative estimate of drug-likeness (QED) is 0.730. The van der Waals surface area contributed by atoms with E-state index in [9.17, 15) is 5.11 Å². The molecule has 0 saturated heterocycles. The summed E-state index contributed by atoms with van der Waals surface area (Å²) in [6.45, 7) is 3.98. The molecule has 1 heterocycles. The molecule has 1 aliphatic carbocycles. The Morgan fingerprint density at radius 2 is 2.44 bits per heavy atom. The van der Waals surface area contributed by atoms with Gasteiger partial charge in [0.25, 0.3) is 0 Å². The van der Waals surface area contributed by atoms with Crippen LogP contribution in [-0.4, -0.2) is 22.7 Å². The van der Waals surface area contributed by atoms with Crippen LogP contribution in [0.4, 0.5) is 0 Å². The van der Waals surface area contributed by atoms with E-state index in [2.05, 4.69) is 23.3 Å². The molecule has 0 aromatic carbocycles. The van der Waals surface area contributed by atoms with Gasteiger partial charge in [0, 0.05) is 30.9 Å². The summed E-state index contributed by atoms with van der Waals surface area (Å²) in [6, 6.07) is 2.08. The van der Waals surface area contributed by atoms with Gasteiger partial charge in [0.2, 0.25) is 0 Å². The van der Waals surface area contributed by atoms with Crippen LogP contribution in [0.1, 0.15) is 38.2 Å². The van der Waals surface area contributed by atoms with Crippen LogP contribution in [0.15, 0.2) is 18.5 Å². The fraction of sp³-hybridized carbons (Fsp3) is 0.692. The van der Waals surface area contributed by atoms with Crippen LogP contribution in [0, 0.1) is 5.41 Å². The Kier molecular flexibility index (Phi) is 3.66. The second-order valence-electron chi connectivity index (χ2n) is 5.24. The van der Waals surface area contributed by atoms with Crippen molar-refractivity contribution in [3.63, 3.8) is 0 Å². The largest absolute Gasteiger partial charge is 0.393 e. The topological polar surface area (TPSA) is 48.0 Å². The van der Waals surface area contributed by atoms with Crippen LogP contribution in [-0.2, 0) is 6.54 Å². The highest BCUT2D eigenvalue weighted by molar-refractivity contribution is 5.07. The van der Waals surface area contributed by atoms with Crippen LogP contribution in [0.3, 0.4) is 0 Å². The standard InChI is InChI=1S/C13H22N2O/c1-13(6-3-2-4-12(13)16)10-15-9-11-5-7-14-8-11/h5,7-8,12,14-16H,2-4,6,9-10H2,1H3. The van der Waals surface area contributed by atoms with Crippen molar-refractivity contribution >= 4 is 0 Å². The lowest BCUT2D eigenvalue weighted by molar-refractivity contribution is 0.00115. The lowest BCUT2D eigenvalue weighted by atomic mass is 9.73. The van der Waals surface area contributed by atoms with E-state index in [4.69, 9.17) is 0 Å². The minimum atomic E-state index is -0.139. The van der Waals surface area contributed by atoms with Gasteiger partial charge in [0.05, 0.1) is 6.10 Å². The third kappa shape index (κ3) is 2.66. The van der Waals surface area contributed by atoms with Crippen LogP contribution in [0.5, 0.6) is 0 Å². The smallest absolute Gasteiger partial charge is 0.0605 e. The Labute approximate surface area is 97.3 Å². The molecule has 2 atom stereocenters. The molecule has 2 unspecified atom stereocenters. The number of aliphatic hydroxyl groups is 1. The van der Waals surface area contributed by atoms with Crippen LogP contribution >= 0.6 is 0 Å². The van der Waals surface area contributed by atoms with Crippen LogP contribution < -0.4 is 5.32 Å². The molecule has 90 valence electrons. The van der Waals surface area contributed by atoms with Crippen LogP contribution in [0.25, 0.3) is 0 Å². The molecule has 1 aromatic rings. The lowest BCUT2D eigenvalue weighted by Crippen LogP contribution is -2.43. The number of aromatic amines is 1. The average Bonchev–Trinajstić information content (AvgIpc) is 2.76. The summed E-state index contributed by atoms with van der Waals surface area (Å²) in [4.78, 5) is 3.05. The SMILES string of the molecule is CC1(CNCc2cc[nH]c2)CCCCC1O. The second kappa shape index (κ2) is 5.02. The minimum absolute atomic E-state index is 0.0640. The van der Waals surface area contributed by atoms with Crippen LogP contribution in [0.2, 0.25) is 0 Å². The average molecular weight is 222 g/mol. The molecule has 0 radical (unpaired) electrons. The Hall–Kier alpha value is -0.800. The van der Waals surface area contributed by atoms with Gasteiger partial charge in [-0.05, 0) is 24.5 Å². The van der Waals surface area contributed by atoms with E-state index in [0.717, 1.165) is 25.9 Å². The summed E-state index contributed by atoms with van der Waals surface area (Å²) in [5.41, 5.74) is 1.34. The lowest BCUT2D eigenvalue weighted by Gasteiger charge is -2.38. The zero-order chi connectivity index (χ0) is 11.4. The molecule has 2 rings (SSSR count). The first-order valence-electron chi connectivity index (χ1n) is 6.21. The molecule has 1 aliphatic rings. The molecule has 0 bridgehead atoms.